The molecule has 2 rings (SSSR count). The van der Waals surface area contributed by atoms with Gasteiger partial charge in [-0.3, -0.25) is 4.79 Å². The second-order valence-electron chi connectivity index (χ2n) is 5.43. The van der Waals surface area contributed by atoms with E-state index in [4.69, 9.17) is 0 Å². The summed E-state index contributed by atoms with van der Waals surface area (Å²) in [5, 5.41) is 13.0. The van der Waals surface area contributed by atoms with E-state index in [1.54, 1.807) is 12.1 Å². The van der Waals surface area contributed by atoms with Crippen LogP contribution in [-0.4, -0.2) is 17.1 Å². The van der Waals surface area contributed by atoms with Gasteiger partial charge < -0.3 is 10.4 Å². The van der Waals surface area contributed by atoms with Crippen LogP contribution in [0.4, 0.5) is 4.39 Å². The van der Waals surface area contributed by atoms with E-state index >= 15 is 0 Å². The van der Waals surface area contributed by atoms with Gasteiger partial charge in [0.15, 0.2) is 0 Å². The van der Waals surface area contributed by atoms with Gasteiger partial charge in [-0.2, -0.15) is 0 Å². The summed E-state index contributed by atoms with van der Waals surface area (Å²) in [7, 11) is 0. The summed E-state index contributed by atoms with van der Waals surface area (Å²) in [5.41, 5.74) is 1.59. The van der Waals surface area contributed by atoms with Crippen molar-refractivity contribution < 1.29 is 14.3 Å². The van der Waals surface area contributed by atoms with E-state index in [0.717, 1.165) is 11.1 Å². The van der Waals surface area contributed by atoms with Gasteiger partial charge in [0.05, 0.1) is 12.5 Å². The minimum Gasteiger partial charge on any atom is -0.388 e. The van der Waals surface area contributed by atoms with Crippen molar-refractivity contribution >= 4 is 5.91 Å². The Bertz CT molecular complexity index is 598. The molecule has 3 nitrogen and oxygen atoms in total. The molecule has 0 aliphatic rings. The number of aliphatic hydroxyl groups excluding tert-OH is 1. The van der Waals surface area contributed by atoms with Gasteiger partial charge in [-0.15, -0.1) is 0 Å². The lowest BCUT2D eigenvalue weighted by Crippen LogP contribution is -2.34. The third kappa shape index (κ3) is 4.97. The minimum absolute atomic E-state index is 0.139. The average Bonchev–Trinajstić information content (AvgIpc) is 2.50. The van der Waals surface area contributed by atoms with Crippen molar-refractivity contribution in [3.63, 3.8) is 0 Å². The molecule has 0 saturated carbocycles. The molecule has 4 heteroatoms. The first-order chi connectivity index (χ1) is 10.5. The summed E-state index contributed by atoms with van der Waals surface area (Å²) < 4.78 is 12.8. The molecule has 2 N–H and O–H groups in total. The zero-order valence-corrected chi connectivity index (χ0v) is 12.5. The average molecular weight is 301 g/mol. The number of nitrogens with one attached hydrogen (secondary N) is 1. The zero-order chi connectivity index (χ0) is 15.9. The molecule has 0 radical (unpaired) electrons. The van der Waals surface area contributed by atoms with E-state index in [1.807, 2.05) is 37.3 Å². The predicted octanol–water partition coefficient (Wildman–Crippen LogP) is 3.00. The van der Waals surface area contributed by atoms with Gasteiger partial charge in [0.25, 0.3) is 0 Å². The zero-order valence-electron chi connectivity index (χ0n) is 12.5. The highest BCUT2D eigenvalue weighted by molar-refractivity contribution is 5.78. The van der Waals surface area contributed by atoms with E-state index in [2.05, 4.69) is 5.32 Å². The van der Waals surface area contributed by atoms with Crippen LogP contribution >= 0.6 is 0 Å². The number of carbonyl (C=O) groups excluding carboxylic acids is 1. The first-order valence-electron chi connectivity index (χ1n) is 7.31. The van der Waals surface area contributed by atoms with Crippen molar-refractivity contribution in [1.29, 1.82) is 0 Å². The number of aliphatic hydroxyl groups is 1. The van der Waals surface area contributed by atoms with Crippen LogP contribution in [-0.2, 0) is 11.2 Å². The van der Waals surface area contributed by atoms with Crippen molar-refractivity contribution in [2.45, 2.75) is 31.9 Å². The van der Waals surface area contributed by atoms with Gasteiger partial charge in [-0.05, 0) is 36.6 Å². The maximum absolute atomic E-state index is 12.8. The van der Waals surface area contributed by atoms with Crippen molar-refractivity contribution in [2.75, 3.05) is 0 Å². The fraction of sp³-hybridized carbons (Fsp3) is 0.278. The SMILES string of the molecule is CC(CC(O)c1ccccc1)NC(=O)Cc1ccc(F)cc1. The second-order valence-corrected chi connectivity index (χ2v) is 5.43. The van der Waals surface area contributed by atoms with E-state index in [0.29, 0.717) is 6.42 Å². The monoisotopic (exact) mass is 301 g/mol. The number of carbonyl (C=O) groups is 1. The summed E-state index contributed by atoms with van der Waals surface area (Å²) in [6, 6.07) is 15.1. The molecule has 2 unspecified atom stereocenters. The van der Waals surface area contributed by atoms with Gasteiger partial charge >= 0.3 is 0 Å². The third-order valence-corrected chi connectivity index (χ3v) is 3.45. The number of rotatable bonds is 6. The second kappa shape index (κ2) is 7.71. The van der Waals surface area contributed by atoms with Crippen LogP contribution in [0.3, 0.4) is 0 Å². The largest absolute Gasteiger partial charge is 0.388 e. The molecular formula is C18H20FNO2. The topological polar surface area (TPSA) is 49.3 Å². The summed E-state index contributed by atoms with van der Waals surface area (Å²) in [6.45, 7) is 1.86. The van der Waals surface area contributed by atoms with Crippen LogP contribution in [0.5, 0.6) is 0 Å². The molecule has 0 bridgehead atoms. The molecular weight excluding hydrogens is 281 g/mol. The van der Waals surface area contributed by atoms with E-state index in [1.165, 1.54) is 12.1 Å². The summed E-state index contributed by atoms with van der Waals surface area (Å²) in [4.78, 5) is 11.9. The smallest absolute Gasteiger partial charge is 0.224 e. The molecule has 2 aromatic rings. The molecule has 2 atom stereocenters. The third-order valence-electron chi connectivity index (χ3n) is 3.45. The van der Waals surface area contributed by atoms with Crippen molar-refractivity contribution in [1.82, 2.24) is 5.32 Å². The lowest BCUT2D eigenvalue weighted by Gasteiger charge is -2.18. The van der Waals surface area contributed by atoms with Crippen LogP contribution in [0.1, 0.15) is 30.6 Å². The van der Waals surface area contributed by atoms with Gasteiger partial charge in [-0.1, -0.05) is 42.5 Å². The number of hydrogen-bond donors (Lipinski definition) is 2. The van der Waals surface area contributed by atoms with Crippen molar-refractivity contribution in [2.24, 2.45) is 0 Å². The molecule has 0 heterocycles. The van der Waals surface area contributed by atoms with Crippen molar-refractivity contribution in [3.8, 4) is 0 Å². The molecule has 0 aliphatic carbocycles. The molecule has 1 amide bonds. The lowest BCUT2D eigenvalue weighted by molar-refractivity contribution is -0.121. The van der Waals surface area contributed by atoms with Gasteiger partial charge in [0.1, 0.15) is 5.82 Å². The Morgan fingerprint density at radius 1 is 1.14 bits per heavy atom. The first-order valence-corrected chi connectivity index (χ1v) is 7.31. The van der Waals surface area contributed by atoms with E-state index < -0.39 is 6.10 Å². The molecule has 2 aromatic carbocycles. The number of halogens is 1. The standard InChI is InChI=1S/C18H20FNO2/c1-13(11-17(21)15-5-3-2-4-6-15)20-18(22)12-14-7-9-16(19)10-8-14/h2-10,13,17,21H,11-12H2,1H3,(H,20,22). The Hall–Kier alpha value is -2.20. The summed E-state index contributed by atoms with van der Waals surface area (Å²) in [5.74, 6) is -0.456. The number of benzene rings is 2. The fourth-order valence-electron chi connectivity index (χ4n) is 2.32. The molecule has 0 saturated heterocycles. The predicted molar refractivity (Wildman–Crippen MR) is 83.7 cm³/mol. The minimum atomic E-state index is -0.609. The maximum Gasteiger partial charge on any atom is 0.224 e. The molecule has 22 heavy (non-hydrogen) atoms. The van der Waals surface area contributed by atoms with E-state index in [9.17, 15) is 14.3 Å². The first kappa shape index (κ1) is 16.2. The van der Waals surface area contributed by atoms with Crippen LogP contribution < -0.4 is 5.32 Å². The Morgan fingerprint density at radius 2 is 1.77 bits per heavy atom. The number of hydrogen-bond acceptors (Lipinski definition) is 2. The van der Waals surface area contributed by atoms with Crippen LogP contribution in [0.2, 0.25) is 0 Å². The fourth-order valence-corrected chi connectivity index (χ4v) is 2.32. The van der Waals surface area contributed by atoms with Gasteiger partial charge in [0.2, 0.25) is 5.91 Å². The maximum atomic E-state index is 12.8. The number of amides is 1. The Morgan fingerprint density at radius 3 is 2.41 bits per heavy atom. The summed E-state index contributed by atoms with van der Waals surface area (Å²) in [6.07, 6.45) is 0.0351. The molecule has 0 spiro atoms. The quantitative estimate of drug-likeness (QED) is 0.861. The van der Waals surface area contributed by atoms with Crippen LogP contribution in [0.25, 0.3) is 0 Å². The van der Waals surface area contributed by atoms with Crippen LogP contribution in [0.15, 0.2) is 54.6 Å². The highest BCUT2D eigenvalue weighted by Crippen LogP contribution is 2.17. The normalized spacial score (nSPS) is 13.4. The lowest BCUT2D eigenvalue weighted by atomic mass is 10.0. The molecule has 116 valence electrons. The van der Waals surface area contributed by atoms with Crippen molar-refractivity contribution in [3.05, 3.63) is 71.5 Å². The summed E-state index contributed by atoms with van der Waals surface area (Å²) >= 11 is 0. The molecule has 0 aromatic heterocycles. The molecule has 0 fully saturated rings. The van der Waals surface area contributed by atoms with E-state index in [-0.39, 0.29) is 24.2 Å². The van der Waals surface area contributed by atoms with Gasteiger partial charge in [0, 0.05) is 6.04 Å². The Labute approximate surface area is 129 Å². The highest BCUT2D eigenvalue weighted by Gasteiger charge is 2.14. The van der Waals surface area contributed by atoms with Crippen LogP contribution in [0, 0.1) is 5.82 Å². The molecule has 0 aliphatic heterocycles. The van der Waals surface area contributed by atoms with Gasteiger partial charge in [-0.25, -0.2) is 4.39 Å². The Balaban J connectivity index is 1.82. The highest BCUT2D eigenvalue weighted by atomic mass is 19.1. The Kier molecular flexibility index (Phi) is 5.67.